The number of rotatable bonds is 13. The van der Waals surface area contributed by atoms with Crippen LogP contribution < -0.4 is 61.1 Å². The van der Waals surface area contributed by atoms with Crippen molar-refractivity contribution in [3.8, 4) is 11.8 Å². The van der Waals surface area contributed by atoms with Crippen molar-refractivity contribution in [3.05, 3.63) is 128 Å². The predicted octanol–water partition coefficient (Wildman–Crippen LogP) is 15.8. The van der Waals surface area contributed by atoms with Gasteiger partial charge in [-0.1, -0.05) is 79.4 Å². The molecule has 112 heavy (non-hydrogen) atoms. The average molecular weight is 1920 g/mol. The van der Waals surface area contributed by atoms with E-state index >= 15 is 0 Å². The number of nitrogen functional groups attached to an aromatic ring is 1. The summed E-state index contributed by atoms with van der Waals surface area (Å²) in [6.45, 7) is 6.94. The van der Waals surface area contributed by atoms with Crippen molar-refractivity contribution in [1.82, 2.24) is 54.5 Å². The van der Waals surface area contributed by atoms with E-state index in [0.29, 0.717) is 25.4 Å². The van der Waals surface area contributed by atoms with Crippen molar-refractivity contribution in [2.24, 2.45) is 5.84 Å². The van der Waals surface area contributed by atoms with Crippen LogP contribution in [0.25, 0.3) is 5.65 Å². The maximum Gasteiger partial charge on any atom is 1.00 e. The topological polar surface area (TPSA) is 301 Å². The molecule has 4 fully saturated rings. The van der Waals surface area contributed by atoms with E-state index in [4.69, 9.17) is 76.1 Å². The Hall–Kier alpha value is -5.20. The van der Waals surface area contributed by atoms with Crippen LogP contribution in [-0.2, 0) is 33.8 Å². The van der Waals surface area contributed by atoms with Gasteiger partial charge < -0.3 is 40.8 Å². The number of esters is 2. The molecule has 7 aromatic rings. The molecule has 3 aliphatic carbocycles. The molecule has 0 radical (unpaired) electrons. The van der Waals surface area contributed by atoms with Crippen LogP contribution in [0.15, 0.2) is 82.9 Å². The van der Waals surface area contributed by atoms with Gasteiger partial charge >= 0.3 is 70.1 Å². The van der Waals surface area contributed by atoms with Gasteiger partial charge in [0, 0.05) is 77.7 Å². The molecule has 8 heterocycles. The van der Waals surface area contributed by atoms with Crippen molar-refractivity contribution in [1.29, 1.82) is 0 Å². The molecule has 1 saturated heterocycles. The Morgan fingerprint density at radius 1 is 0.580 bits per heavy atom. The second kappa shape index (κ2) is 47.3. The second-order valence-corrected chi connectivity index (χ2v) is 26.8. The van der Waals surface area contributed by atoms with Gasteiger partial charge in [-0.05, 0) is 124 Å². The zero-order chi connectivity index (χ0) is 79.8. The number of ketones is 1. The minimum Gasteiger partial charge on any atom is -1.00 e. The molecule has 0 amide bonds. The van der Waals surface area contributed by atoms with Crippen LogP contribution in [-0.4, -0.2) is 154 Å². The molecule has 23 nitrogen and oxygen atoms in total. The van der Waals surface area contributed by atoms with Gasteiger partial charge in [0.2, 0.25) is 17.6 Å². The standard InChI is InChI=1S/C15H19BF3NO3.C9H7BrF3NO.C7H5Cl2F2N3O.C6H2Cl2F2N4.C5H2BrF2N.C4Cl2F4O3.C4H5ClN4.C4H6F2O.6CH4.Na.H/c1-13(2)14(3,4)23-16(22-13)9-5-11(17)12(20-8-9)21-10-6-15(18,19)7-10;10-5-1-7(11)8(14-4-5)15-6-2-9(12,13)3-6;8-5-2-14-6(3-12-5)13-1-4(15)7(9,10)11;7-3-2-14-4(1-11-3)12-13-5(14)6(8,9)10;6-3-1-4(7)5(8)9-2-3;5-3(7,8)1(11)13-2(12)4(6,9)10;5-3-1-8-4(9-6)2-7-3;5-4(6)1-3(7)2-4;;;;;;;;/h5,8,10H,6-7H2,1-4H3;1,4,6H,2-3H2;2-3H,1H2,(H,13,14);1-2H;1-2H;;1-2H,6H2,(H,8,9);3,7H,1-2H2;6*1H4;;/q;;;;;;;;;;;;;;+1;-1. The molecule has 0 unspecified atom stereocenters. The normalized spacial score (nSPS) is 15.7. The Labute approximate surface area is 705 Å². The van der Waals surface area contributed by atoms with E-state index in [9.17, 15) is 93.4 Å². The molecule has 0 spiro atoms. The monoisotopic (exact) mass is 1910 g/mol. The summed E-state index contributed by atoms with van der Waals surface area (Å²) in [5, 5.41) is 1.37. The van der Waals surface area contributed by atoms with E-state index in [2.05, 4.69) is 132 Å². The third-order valence-electron chi connectivity index (χ3n) is 12.9. The van der Waals surface area contributed by atoms with E-state index in [0.717, 1.165) is 10.5 Å². The summed E-state index contributed by atoms with van der Waals surface area (Å²) in [5.74, 6) is -13.5. The van der Waals surface area contributed by atoms with Gasteiger partial charge in [0.25, 0.3) is 29.5 Å². The molecule has 5 N–H and O–H groups in total. The molecule has 7 aromatic heterocycles. The number of alkyl halides is 18. The summed E-state index contributed by atoms with van der Waals surface area (Å²) in [7, 11) is -0.732. The SMILES string of the molecule is C.C.C.C.C.C.CC1(C)OB(c2cnc(OC3CC(F)(F)C3)c(F)c2)OC1(C)C.FC(F)(Cl)c1nnc2cnc(Cl)cn12.Fc1cc(Br)cnc1F.Fc1cc(Br)cnc1OC1CC(F)(F)C1.NNc1cnc(Cl)cn1.O=C(CNc1cnc(Cl)cn1)C(F)(F)Cl.O=C(OC(=O)C(F)(F)Cl)C(F)(F)Cl.OC1CC(F)(F)C1.[H-].[Na+]. The van der Waals surface area contributed by atoms with Gasteiger partial charge in [-0.2, -0.15) is 39.5 Å². The fourth-order valence-corrected chi connectivity index (χ4v) is 8.30. The second-order valence-electron chi connectivity index (χ2n) is 21.9. The number of aromatic nitrogens is 11. The summed E-state index contributed by atoms with van der Waals surface area (Å²) < 4.78 is 248. The number of hydrogen-bond donors (Lipinski definition) is 4. The molecule has 3 saturated carbocycles. The van der Waals surface area contributed by atoms with Crippen LogP contribution in [0.4, 0.5) is 90.7 Å². The molecule has 11 rings (SSSR count). The van der Waals surface area contributed by atoms with E-state index in [-0.39, 0.29) is 135 Å². The zero-order valence-electron chi connectivity index (χ0n) is 54.6. The van der Waals surface area contributed by atoms with Crippen LogP contribution in [0, 0.1) is 23.4 Å². The first kappa shape index (κ1) is 113. The van der Waals surface area contributed by atoms with E-state index < -0.39 is 142 Å². The number of anilines is 2. The number of carbonyl (C=O) groups excluding carboxylic acids is 3. The fourth-order valence-electron chi connectivity index (χ4n) is 7.08. The van der Waals surface area contributed by atoms with E-state index in [1.807, 2.05) is 27.7 Å². The van der Waals surface area contributed by atoms with Gasteiger partial charge in [-0.15, -0.1) is 10.2 Å². The quantitative estimate of drug-likeness (QED) is 0.0122. The number of aliphatic hydroxyl groups is 1. The van der Waals surface area contributed by atoms with Gasteiger partial charge in [0.15, 0.2) is 28.9 Å². The molecular formula is C60H71BBr2Cl7F18N14NaO9. The summed E-state index contributed by atoms with van der Waals surface area (Å²) in [6, 6.07) is 3.41. The van der Waals surface area contributed by atoms with Crippen LogP contribution in [0.2, 0.25) is 15.5 Å². The van der Waals surface area contributed by atoms with Crippen molar-refractivity contribution in [2.45, 2.75) is 180 Å². The average Bonchev–Trinajstić information content (AvgIpc) is 1.57. The summed E-state index contributed by atoms with van der Waals surface area (Å²) >= 11 is 39.7. The Kier molecular flexibility index (Phi) is 47.7. The third kappa shape index (κ3) is 38.3. The predicted molar refractivity (Wildman–Crippen MR) is 387 cm³/mol. The van der Waals surface area contributed by atoms with Crippen LogP contribution >= 0.6 is 113 Å². The van der Waals surface area contributed by atoms with Gasteiger partial charge in [-0.25, -0.2) is 94.8 Å². The smallest absolute Gasteiger partial charge is 1.00 e. The first-order valence-electron chi connectivity index (χ1n) is 28.0. The molecule has 0 atom stereocenters. The number of aliphatic hydroxyl groups excluding tert-OH is 1. The third-order valence-corrected chi connectivity index (χ3v) is 15.1. The number of fused-ring (bicyclic) bond motifs is 1. The van der Waals surface area contributed by atoms with Crippen molar-refractivity contribution in [3.63, 3.8) is 0 Å². The number of pyridine rings is 3. The molecular weight excluding hydrogens is 1840 g/mol. The first-order chi connectivity index (χ1) is 48.0. The minimum absolute atomic E-state index is 0. The van der Waals surface area contributed by atoms with E-state index in [1.54, 1.807) is 0 Å². The number of ether oxygens (including phenoxy) is 3. The maximum absolute atomic E-state index is 14.1. The number of halogens is 27. The van der Waals surface area contributed by atoms with Gasteiger partial charge in [0.1, 0.15) is 33.5 Å². The summed E-state index contributed by atoms with van der Waals surface area (Å²) in [5.41, 5.74) is 1.82. The molecule has 1 aliphatic heterocycles. The summed E-state index contributed by atoms with van der Waals surface area (Å²) in [4.78, 5) is 59.8. The number of hydrazine groups is 1. The Morgan fingerprint density at radius 3 is 1.32 bits per heavy atom. The van der Waals surface area contributed by atoms with Crippen molar-refractivity contribution >= 4 is 161 Å². The van der Waals surface area contributed by atoms with E-state index in [1.165, 1.54) is 67.9 Å². The molecule has 628 valence electrons. The Morgan fingerprint density at radius 2 is 0.982 bits per heavy atom. The Bertz CT molecular complexity index is 4020. The maximum atomic E-state index is 14.1. The summed E-state index contributed by atoms with van der Waals surface area (Å²) in [6.07, 6.45) is 7.30. The van der Waals surface area contributed by atoms with Gasteiger partial charge in [0.05, 0.1) is 54.8 Å². The molecule has 0 aromatic carbocycles. The number of nitrogens with one attached hydrogen (secondary N) is 2. The number of hydrogen-bond acceptors (Lipinski definition) is 22. The zero-order valence-corrected chi connectivity index (χ0v) is 64.1. The first-order valence-corrected chi connectivity index (χ1v) is 32.3. The van der Waals surface area contributed by atoms with Crippen molar-refractivity contribution < 1.29 is 153 Å². The minimum atomic E-state index is -4.54. The van der Waals surface area contributed by atoms with Crippen LogP contribution in [0.5, 0.6) is 11.8 Å². The number of carbonyl (C=O) groups is 3. The largest absolute Gasteiger partial charge is 1.00 e. The molecule has 52 heteroatoms. The molecule has 4 aliphatic rings. The Balaban J connectivity index is -0.000000398. The van der Waals surface area contributed by atoms with Crippen LogP contribution in [0.1, 0.15) is 118 Å². The number of nitrogens with zero attached hydrogens (tertiary/aromatic N) is 11. The number of Topliss-reactive ketones (excluding diaryl/α,β-unsaturated/α-hetero) is 1. The van der Waals surface area contributed by atoms with Crippen molar-refractivity contribution in [2.75, 3.05) is 17.3 Å². The number of nitrogens with two attached hydrogens (primary N) is 1. The molecule has 0 bridgehead atoms. The van der Waals surface area contributed by atoms with Gasteiger partial charge in [-0.3, -0.25) is 9.20 Å². The van der Waals surface area contributed by atoms with Crippen LogP contribution in [0.3, 0.4) is 0 Å². The fraction of sp³-hybridized carbons (Fsp3) is 0.483.